The minimum absolute atomic E-state index is 0.617. The van der Waals surface area contributed by atoms with Gasteiger partial charge in [-0.05, 0) is 13.3 Å². The molecule has 0 aromatic heterocycles. The second-order valence-electron chi connectivity index (χ2n) is 5.88. The molecule has 0 bridgehead atoms. The maximum atomic E-state index is 10.9. The quantitative estimate of drug-likeness (QED) is 0.353. The molecule has 0 heterocycles. The summed E-state index contributed by atoms with van der Waals surface area (Å²) in [5, 5.41) is 8.91. The lowest BCUT2D eigenvalue weighted by molar-refractivity contribution is -0.160. The number of nitrogens with one attached hydrogen (secondary N) is 1. The standard InChI is InChI=1S/C17H35NO3/c1-3-4-5-6-7-8-9-10-11-12-13-14-15-18-21-17(20)16(2)19/h16,18-19H,3-15H2,1-2H3. The number of hydroxylamine groups is 1. The fourth-order valence-electron chi connectivity index (χ4n) is 2.25. The van der Waals surface area contributed by atoms with Gasteiger partial charge < -0.3 is 9.94 Å². The number of carbonyl (C=O) groups is 1. The molecule has 0 aromatic carbocycles. The molecular weight excluding hydrogens is 266 g/mol. The Balaban J connectivity index is 3.04. The summed E-state index contributed by atoms with van der Waals surface area (Å²) >= 11 is 0. The highest BCUT2D eigenvalue weighted by Crippen LogP contribution is 2.11. The zero-order valence-electron chi connectivity index (χ0n) is 14.0. The minimum atomic E-state index is -1.06. The van der Waals surface area contributed by atoms with E-state index in [0.29, 0.717) is 6.54 Å². The van der Waals surface area contributed by atoms with Crippen LogP contribution in [0.25, 0.3) is 0 Å². The molecule has 0 aliphatic carbocycles. The van der Waals surface area contributed by atoms with Crippen LogP contribution in [0.1, 0.15) is 90.9 Å². The molecule has 0 rings (SSSR count). The summed E-state index contributed by atoms with van der Waals surface area (Å²) in [6, 6.07) is 0. The summed E-state index contributed by atoms with van der Waals surface area (Å²) < 4.78 is 0. The summed E-state index contributed by atoms with van der Waals surface area (Å²) in [7, 11) is 0. The number of carbonyl (C=O) groups excluding carboxylic acids is 1. The fourth-order valence-corrected chi connectivity index (χ4v) is 2.25. The van der Waals surface area contributed by atoms with E-state index in [1.54, 1.807) is 0 Å². The van der Waals surface area contributed by atoms with Gasteiger partial charge in [0.2, 0.25) is 0 Å². The predicted molar refractivity (Wildman–Crippen MR) is 86.9 cm³/mol. The Morgan fingerprint density at radius 2 is 1.33 bits per heavy atom. The molecule has 0 spiro atoms. The Kier molecular flexibility index (Phi) is 15.3. The lowest BCUT2D eigenvalue weighted by Crippen LogP contribution is -2.27. The molecule has 0 aliphatic rings. The number of hydrogen-bond acceptors (Lipinski definition) is 4. The molecular formula is C17H35NO3. The Morgan fingerprint density at radius 1 is 0.905 bits per heavy atom. The van der Waals surface area contributed by atoms with Gasteiger partial charge in [0.05, 0.1) is 0 Å². The van der Waals surface area contributed by atoms with E-state index in [9.17, 15) is 4.79 Å². The van der Waals surface area contributed by atoms with Gasteiger partial charge in [-0.1, -0.05) is 77.6 Å². The minimum Gasteiger partial charge on any atom is -0.382 e. The molecule has 1 unspecified atom stereocenters. The molecule has 0 amide bonds. The molecule has 0 aliphatic heterocycles. The summed E-state index contributed by atoms with van der Waals surface area (Å²) in [4.78, 5) is 15.6. The Morgan fingerprint density at radius 3 is 1.76 bits per heavy atom. The fraction of sp³-hybridized carbons (Fsp3) is 0.941. The normalized spacial score (nSPS) is 12.3. The third kappa shape index (κ3) is 15.6. The smallest absolute Gasteiger partial charge is 0.353 e. The first-order chi connectivity index (χ1) is 10.2. The first kappa shape index (κ1) is 20.4. The van der Waals surface area contributed by atoms with Crippen molar-refractivity contribution in [1.82, 2.24) is 5.48 Å². The van der Waals surface area contributed by atoms with E-state index in [-0.39, 0.29) is 0 Å². The summed E-state index contributed by atoms with van der Waals surface area (Å²) in [6.45, 7) is 4.32. The van der Waals surface area contributed by atoms with E-state index in [0.717, 1.165) is 12.8 Å². The van der Waals surface area contributed by atoms with Crippen molar-refractivity contribution < 1.29 is 14.7 Å². The van der Waals surface area contributed by atoms with Crippen LogP contribution < -0.4 is 5.48 Å². The van der Waals surface area contributed by atoms with Crippen molar-refractivity contribution in [2.45, 2.75) is 97.0 Å². The molecule has 0 radical (unpaired) electrons. The second-order valence-corrected chi connectivity index (χ2v) is 5.88. The number of aliphatic hydroxyl groups is 1. The monoisotopic (exact) mass is 301 g/mol. The van der Waals surface area contributed by atoms with Crippen LogP contribution in [-0.2, 0) is 9.63 Å². The Bertz CT molecular complexity index is 232. The van der Waals surface area contributed by atoms with Crippen molar-refractivity contribution in [1.29, 1.82) is 0 Å². The molecule has 126 valence electrons. The maximum Gasteiger partial charge on any atom is 0.353 e. The molecule has 2 N–H and O–H groups in total. The zero-order chi connectivity index (χ0) is 15.8. The van der Waals surface area contributed by atoms with Crippen molar-refractivity contribution >= 4 is 5.97 Å². The van der Waals surface area contributed by atoms with E-state index < -0.39 is 12.1 Å². The maximum absolute atomic E-state index is 10.9. The van der Waals surface area contributed by atoms with Gasteiger partial charge in [0.1, 0.15) is 0 Å². The molecule has 0 fully saturated rings. The highest BCUT2D eigenvalue weighted by molar-refractivity contribution is 5.73. The van der Waals surface area contributed by atoms with Gasteiger partial charge in [-0.3, -0.25) is 0 Å². The summed E-state index contributed by atoms with van der Waals surface area (Å²) in [5.74, 6) is -0.617. The van der Waals surface area contributed by atoms with Crippen LogP contribution in [0.4, 0.5) is 0 Å². The van der Waals surface area contributed by atoms with Gasteiger partial charge >= 0.3 is 5.97 Å². The molecule has 0 aromatic rings. The lowest BCUT2D eigenvalue weighted by atomic mass is 10.1. The van der Waals surface area contributed by atoms with Crippen LogP contribution >= 0.6 is 0 Å². The largest absolute Gasteiger partial charge is 0.382 e. The van der Waals surface area contributed by atoms with Crippen molar-refractivity contribution in [3.63, 3.8) is 0 Å². The topological polar surface area (TPSA) is 58.6 Å². The number of hydrogen-bond donors (Lipinski definition) is 2. The van der Waals surface area contributed by atoms with Crippen LogP contribution in [0.5, 0.6) is 0 Å². The first-order valence-corrected chi connectivity index (χ1v) is 8.80. The van der Waals surface area contributed by atoms with Gasteiger partial charge in [0.15, 0.2) is 6.10 Å². The highest BCUT2D eigenvalue weighted by atomic mass is 16.7. The van der Waals surface area contributed by atoms with E-state index in [4.69, 9.17) is 5.11 Å². The molecule has 1 atom stereocenters. The zero-order valence-corrected chi connectivity index (χ0v) is 14.0. The van der Waals surface area contributed by atoms with Crippen LogP contribution in [0.3, 0.4) is 0 Å². The van der Waals surface area contributed by atoms with Crippen LogP contribution in [-0.4, -0.2) is 23.7 Å². The van der Waals surface area contributed by atoms with Gasteiger partial charge in [-0.2, -0.15) is 5.48 Å². The molecule has 0 saturated carbocycles. The van der Waals surface area contributed by atoms with Crippen molar-refractivity contribution in [3.05, 3.63) is 0 Å². The molecule has 4 heteroatoms. The van der Waals surface area contributed by atoms with E-state index in [1.165, 1.54) is 71.1 Å². The second kappa shape index (κ2) is 15.8. The third-order valence-corrected chi connectivity index (χ3v) is 3.65. The predicted octanol–water partition coefficient (Wildman–Crippen LogP) is 4.12. The van der Waals surface area contributed by atoms with Crippen molar-refractivity contribution in [2.75, 3.05) is 6.54 Å². The Labute approximate surface area is 130 Å². The summed E-state index contributed by atoms with van der Waals surface area (Å²) in [6.07, 6.45) is 14.7. The SMILES string of the molecule is CCCCCCCCCCCCCCNOC(=O)C(C)O. The van der Waals surface area contributed by atoms with Gasteiger partial charge in [-0.25, -0.2) is 4.79 Å². The van der Waals surface area contributed by atoms with Gasteiger partial charge in [-0.15, -0.1) is 0 Å². The van der Waals surface area contributed by atoms with Gasteiger partial charge in [0.25, 0.3) is 0 Å². The molecule has 4 nitrogen and oxygen atoms in total. The average molecular weight is 301 g/mol. The number of rotatable bonds is 15. The van der Waals surface area contributed by atoms with Crippen molar-refractivity contribution in [2.24, 2.45) is 0 Å². The highest BCUT2D eigenvalue weighted by Gasteiger charge is 2.09. The van der Waals surface area contributed by atoms with Crippen LogP contribution in [0.15, 0.2) is 0 Å². The van der Waals surface area contributed by atoms with Crippen LogP contribution in [0, 0.1) is 0 Å². The summed E-state index contributed by atoms with van der Waals surface area (Å²) in [5.41, 5.74) is 2.59. The lowest BCUT2D eigenvalue weighted by Gasteiger charge is -2.07. The van der Waals surface area contributed by atoms with E-state index in [1.807, 2.05) is 0 Å². The third-order valence-electron chi connectivity index (χ3n) is 3.65. The van der Waals surface area contributed by atoms with Gasteiger partial charge in [0, 0.05) is 6.54 Å². The van der Waals surface area contributed by atoms with E-state index >= 15 is 0 Å². The number of aliphatic hydroxyl groups excluding tert-OH is 1. The van der Waals surface area contributed by atoms with E-state index in [2.05, 4.69) is 17.2 Å². The Hall–Kier alpha value is -0.610. The van der Waals surface area contributed by atoms with Crippen LogP contribution in [0.2, 0.25) is 0 Å². The number of unbranched alkanes of at least 4 members (excludes halogenated alkanes) is 11. The average Bonchev–Trinajstić information content (AvgIpc) is 2.47. The molecule has 21 heavy (non-hydrogen) atoms. The van der Waals surface area contributed by atoms with Crippen molar-refractivity contribution in [3.8, 4) is 0 Å². The molecule has 0 saturated heterocycles. The first-order valence-electron chi connectivity index (χ1n) is 8.80.